The Hall–Kier alpha value is -0.770. The van der Waals surface area contributed by atoms with Crippen LogP contribution in [0.25, 0.3) is 0 Å². The van der Waals surface area contributed by atoms with Gasteiger partial charge in [0.1, 0.15) is 0 Å². The maximum absolute atomic E-state index is 4.33. The molecule has 4 nitrogen and oxygen atoms in total. The lowest BCUT2D eigenvalue weighted by Crippen LogP contribution is -2.45. The molecule has 2 rings (SSSR count). The van der Waals surface area contributed by atoms with Crippen molar-refractivity contribution in [3.05, 3.63) is 0 Å². The van der Waals surface area contributed by atoms with Crippen LogP contribution in [-0.4, -0.2) is 50.6 Å². The van der Waals surface area contributed by atoms with E-state index >= 15 is 0 Å². The molecule has 1 saturated heterocycles. The third-order valence-corrected chi connectivity index (χ3v) is 4.32. The van der Waals surface area contributed by atoms with Crippen LogP contribution in [0.2, 0.25) is 0 Å². The van der Waals surface area contributed by atoms with E-state index in [1.165, 1.54) is 51.6 Å². The van der Waals surface area contributed by atoms with Gasteiger partial charge in [-0.1, -0.05) is 12.8 Å². The summed E-state index contributed by atoms with van der Waals surface area (Å²) in [4.78, 5) is 6.75. The predicted molar refractivity (Wildman–Crippen MR) is 77.0 cm³/mol. The molecule has 0 unspecified atom stereocenters. The Balaban J connectivity index is 1.67. The highest BCUT2D eigenvalue weighted by Crippen LogP contribution is 2.17. The molecule has 104 valence electrons. The van der Waals surface area contributed by atoms with Gasteiger partial charge in [0, 0.05) is 19.6 Å². The molecular formula is C14H28N4. The van der Waals surface area contributed by atoms with Gasteiger partial charge >= 0.3 is 0 Å². The number of nitrogens with one attached hydrogen (secondary N) is 2. The van der Waals surface area contributed by atoms with E-state index in [1.54, 1.807) is 0 Å². The van der Waals surface area contributed by atoms with E-state index in [1.807, 2.05) is 7.05 Å². The number of likely N-dealkylation sites (tertiary alicyclic amines) is 1. The van der Waals surface area contributed by atoms with Crippen LogP contribution in [0, 0.1) is 5.92 Å². The first kappa shape index (κ1) is 13.7. The molecule has 0 aromatic carbocycles. The molecule has 0 amide bonds. The molecule has 0 aromatic rings. The molecule has 0 radical (unpaired) electrons. The van der Waals surface area contributed by atoms with Gasteiger partial charge in [0.15, 0.2) is 5.96 Å². The molecule has 2 fully saturated rings. The van der Waals surface area contributed by atoms with Crippen molar-refractivity contribution in [3.63, 3.8) is 0 Å². The van der Waals surface area contributed by atoms with E-state index in [9.17, 15) is 0 Å². The zero-order valence-corrected chi connectivity index (χ0v) is 11.9. The molecule has 4 heteroatoms. The average molecular weight is 252 g/mol. The lowest BCUT2D eigenvalue weighted by atomic mass is 9.97. The lowest BCUT2D eigenvalue weighted by molar-refractivity contribution is 0.220. The van der Waals surface area contributed by atoms with Crippen molar-refractivity contribution in [1.82, 2.24) is 15.5 Å². The molecule has 2 N–H and O–H groups in total. The molecule has 0 aromatic heterocycles. The Labute approximate surface area is 111 Å². The van der Waals surface area contributed by atoms with Crippen molar-refractivity contribution in [2.24, 2.45) is 10.9 Å². The topological polar surface area (TPSA) is 39.7 Å². The van der Waals surface area contributed by atoms with Crippen molar-refractivity contribution in [2.45, 2.75) is 44.6 Å². The van der Waals surface area contributed by atoms with Crippen LogP contribution in [0.5, 0.6) is 0 Å². The second-order valence-electron chi connectivity index (χ2n) is 5.83. The van der Waals surface area contributed by atoms with Crippen LogP contribution >= 0.6 is 0 Å². The quantitative estimate of drug-likeness (QED) is 0.590. The normalized spacial score (nSPS) is 24.4. The Bertz CT molecular complexity index is 263. The van der Waals surface area contributed by atoms with Crippen molar-refractivity contribution >= 4 is 5.96 Å². The Morgan fingerprint density at radius 2 is 1.83 bits per heavy atom. The number of hydrogen-bond acceptors (Lipinski definition) is 2. The van der Waals surface area contributed by atoms with Gasteiger partial charge in [-0.3, -0.25) is 4.99 Å². The summed E-state index contributed by atoms with van der Waals surface area (Å²) in [5.41, 5.74) is 0. The number of nitrogens with zero attached hydrogens (tertiary/aromatic N) is 2. The van der Waals surface area contributed by atoms with Crippen LogP contribution in [0.4, 0.5) is 0 Å². The largest absolute Gasteiger partial charge is 0.356 e. The third-order valence-electron chi connectivity index (χ3n) is 4.32. The molecule has 18 heavy (non-hydrogen) atoms. The first-order valence-electron chi connectivity index (χ1n) is 7.43. The average Bonchev–Trinajstić information content (AvgIpc) is 2.89. The van der Waals surface area contributed by atoms with E-state index in [4.69, 9.17) is 0 Å². The first-order valence-corrected chi connectivity index (χ1v) is 7.43. The molecule has 0 spiro atoms. The number of guanidine groups is 1. The molecule has 2 aliphatic rings. The highest BCUT2D eigenvalue weighted by molar-refractivity contribution is 5.79. The number of piperidine rings is 1. The SMILES string of the molecule is CN=C(NCC1CCN(C)CC1)NC1CCCC1. The van der Waals surface area contributed by atoms with E-state index in [-0.39, 0.29) is 0 Å². The fourth-order valence-electron chi connectivity index (χ4n) is 2.97. The fraction of sp³-hybridized carbons (Fsp3) is 0.929. The van der Waals surface area contributed by atoms with Crippen LogP contribution < -0.4 is 10.6 Å². The van der Waals surface area contributed by atoms with E-state index in [0.29, 0.717) is 6.04 Å². The van der Waals surface area contributed by atoms with Gasteiger partial charge in [-0.05, 0) is 51.7 Å². The van der Waals surface area contributed by atoms with Gasteiger partial charge in [-0.25, -0.2) is 0 Å². The summed E-state index contributed by atoms with van der Waals surface area (Å²) in [6, 6.07) is 0.647. The highest BCUT2D eigenvalue weighted by atomic mass is 15.2. The van der Waals surface area contributed by atoms with E-state index in [0.717, 1.165) is 18.4 Å². The fourth-order valence-corrected chi connectivity index (χ4v) is 2.97. The molecule has 0 atom stereocenters. The smallest absolute Gasteiger partial charge is 0.191 e. The van der Waals surface area contributed by atoms with E-state index in [2.05, 4.69) is 27.6 Å². The summed E-state index contributed by atoms with van der Waals surface area (Å²) < 4.78 is 0. The van der Waals surface area contributed by atoms with Gasteiger partial charge in [-0.2, -0.15) is 0 Å². The summed E-state index contributed by atoms with van der Waals surface area (Å²) in [5.74, 6) is 1.81. The summed E-state index contributed by atoms with van der Waals surface area (Å²) in [6.45, 7) is 3.54. The van der Waals surface area contributed by atoms with Crippen LogP contribution in [0.1, 0.15) is 38.5 Å². The number of rotatable bonds is 3. The van der Waals surface area contributed by atoms with Crippen LogP contribution in [0.15, 0.2) is 4.99 Å². The monoisotopic (exact) mass is 252 g/mol. The molecular weight excluding hydrogens is 224 g/mol. The number of hydrogen-bond donors (Lipinski definition) is 2. The summed E-state index contributed by atoms with van der Waals surface area (Å²) in [7, 11) is 4.09. The van der Waals surface area contributed by atoms with E-state index < -0.39 is 0 Å². The zero-order valence-electron chi connectivity index (χ0n) is 11.9. The van der Waals surface area contributed by atoms with Crippen LogP contribution in [-0.2, 0) is 0 Å². The zero-order chi connectivity index (χ0) is 12.8. The Morgan fingerprint density at radius 1 is 1.17 bits per heavy atom. The van der Waals surface area contributed by atoms with Crippen molar-refractivity contribution in [3.8, 4) is 0 Å². The first-order chi connectivity index (χ1) is 8.78. The van der Waals surface area contributed by atoms with Gasteiger partial charge in [0.2, 0.25) is 0 Å². The third kappa shape index (κ3) is 4.16. The second kappa shape index (κ2) is 6.98. The predicted octanol–water partition coefficient (Wildman–Crippen LogP) is 1.44. The van der Waals surface area contributed by atoms with Crippen LogP contribution in [0.3, 0.4) is 0 Å². The van der Waals surface area contributed by atoms with Gasteiger partial charge in [-0.15, -0.1) is 0 Å². The minimum absolute atomic E-state index is 0.647. The number of aliphatic imine (C=N–C) groups is 1. The molecule has 1 saturated carbocycles. The molecule has 1 aliphatic heterocycles. The maximum Gasteiger partial charge on any atom is 0.191 e. The van der Waals surface area contributed by atoms with Gasteiger partial charge in [0.25, 0.3) is 0 Å². The van der Waals surface area contributed by atoms with Crippen molar-refractivity contribution < 1.29 is 0 Å². The molecule has 0 bridgehead atoms. The minimum Gasteiger partial charge on any atom is -0.356 e. The summed E-state index contributed by atoms with van der Waals surface area (Å²) in [5, 5.41) is 7.04. The van der Waals surface area contributed by atoms with Gasteiger partial charge < -0.3 is 15.5 Å². The Morgan fingerprint density at radius 3 is 2.44 bits per heavy atom. The van der Waals surface area contributed by atoms with Crippen molar-refractivity contribution in [2.75, 3.05) is 33.7 Å². The summed E-state index contributed by atoms with van der Waals surface area (Å²) >= 11 is 0. The maximum atomic E-state index is 4.33. The molecule has 1 heterocycles. The Kier molecular flexibility index (Phi) is 5.29. The van der Waals surface area contributed by atoms with Gasteiger partial charge in [0.05, 0.1) is 0 Å². The standard InChI is InChI=1S/C14H28N4/c1-15-14(17-13-5-3-4-6-13)16-11-12-7-9-18(2)10-8-12/h12-13H,3-11H2,1-2H3,(H2,15,16,17). The molecule has 1 aliphatic carbocycles. The lowest BCUT2D eigenvalue weighted by Gasteiger charge is -2.29. The summed E-state index contributed by atoms with van der Waals surface area (Å²) in [6.07, 6.45) is 7.95. The van der Waals surface area contributed by atoms with Crippen molar-refractivity contribution in [1.29, 1.82) is 0 Å². The second-order valence-corrected chi connectivity index (χ2v) is 5.83. The highest BCUT2D eigenvalue weighted by Gasteiger charge is 2.18. The minimum atomic E-state index is 0.647.